The number of amides is 1. The van der Waals surface area contributed by atoms with Crippen LogP contribution >= 0.6 is 0 Å². The Morgan fingerprint density at radius 2 is 1.88 bits per heavy atom. The average molecular weight is 349 g/mol. The molecule has 2 aliphatic heterocycles. The van der Waals surface area contributed by atoms with Gasteiger partial charge in [0.05, 0.1) is 6.04 Å². The lowest BCUT2D eigenvalue weighted by atomic mass is 9.92. The zero-order valence-electron chi connectivity index (χ0n) is 14.8. The summed E-state index contributed by atoms with van der Waals surface area (Å²) in [5, 5.41) is 2.99. The van der Waals surface area contributed by atoms with Crippen LogP contribution in [0.3, 0.4) is 0 Å². The zero-order valence-corrected chi connectivity index (χ0v) is 14.8. The fourth-order valence-electron chi connectivity index (χ4n) is 3.77. The molecule has 0 spiro atoms. The smallest absolute Gasteiger partial charge is 0.238 e. The fraction of sp³-hybridized carbons (Fsp3) is 0.611. The molecule has 138 valence electrons. The molecule has 0 bridgehead atoms. The van der Waals surface area contributed by atoms with Crippen LogP contribution in [0, 0.1) is 11.7 Å². The molecule has 25 heavy (non-hydrogen) atoms. The molecule has 4 unspecified atom stereocenters. The van der Waals surface area contributed by atoms with Crippen molar-refractivity contribution in [2.45, 2.75) is 57.3 Å². The Labute approximate surface area is 148 Å². The van der Waals surface area contributed by atoms with Crippen LogP contribution in [-0.4, -0.2) is 30.6 Å². The van der Waals surface area contributed by atoms with Crippen molar-refractivity contribution in [1.82, 2.24) is 27.0 Å². The van der Waals surface area contributed by atoms with E-state index in [-0.39, 0.29) is 23.8 Å². The van der Waals surface area contributed by atoms with Crippen molar-refractivity contribution in [2.75, 3.05) is 6.54 Å². The van der Waals surface area contributed by atoms with Crippen LogP contribution < -0.4 is 27.0 Å². The number of carbonyl (C=O) groups is 1. The van der Waals surface area contributed by atoms with Gasteiger partial charge < -0.3 is 5.32 Å². The van der Waals surface area contributed by atoms with Gasteiger partial charge in [-0.1, -0.05) is 18.2 Å². The maximum absolute atomic E-state index is 13.9. The van der Waals surface area contributed by atoms with Gasteiger partial charge in [-0.25, -0.2) is 15.2 Å². The van der Waals surface area contributed by atoms with Crippen LogP contribution in [0.25, 0.3) is 0 Å². The minimum atomic E-state index is -0.336. The van der Waals surface area contributed by atoms with Gasteiger partial charge in [-0.3, -0.25) is 15.6 Å². The van der Waals surface area contributed by atoms with Gasteiger partial charge in [0.2, 0.25) is 5.91 Å². The van der Waals surface area contributed by atoms with Gasteiger partial charge >= 0.3 is 0 Å². The molecule has 6 nitrogen and oxygen atoms in total. The number of carbonyl (C=O) groups excluding carboxylic acids is 1. The normalized spacial score (nSPS) is 32.0. The van der Waals surface area contributed by atoms with Crippen molar-refractivity contribution >= 4 is 5.91 Å². The molecule has 1 aromatic rings. The number of hydrazine groups is 2. The standard InChI is InChI=1S/C18H28FN5O/c1-11-13(12(2)22-21-11)7-5-9-20-18(25)17-10-16(23-24-17)14-6-3-4-8-15(14)19/h3-4,6,8,11-13,16-17,21-24H,5,7,9-10H2,1-2H3,(H,20,25). The largest absolute Gasteiger partial charge is 0.355 e. The van der Waals surface area contributed by atoms with E-state index in [9.17, 15) is 9.18 Å². The summed E-state index contributed by atoms with van der Waals surface area (Å²) in [6.45, 7) is 5.02. The lowest BCUT2D eigenvalue weighted by Gasteiger charge is -2.18. The maximum Gasteiger partial charge on any atom is 0.238 e. The highest BCUT2D eigenvalue weighted by Gasteiger charge is 2.32. The van der Waals surface area contributed by atoms with Crippen molar-refractivity contribution in [1.29, 1.82) is 0 Å². The zero-order chi connectivity index (χ0) is 17.8. The molecular weight excluding hydrogens is 321 g/mol. The highest BCUT2D eigenvalue weighted by Crippen LogP contribution is 2.24. The Kier molecular flexibility index (Phi) is 6.01. The molecule has 0 radical (unpaired) electrons. The van der Waals surface area contributed by atoms with Gasteiger partial charge in [0.15, 0.2) is 0 Å². The molecule has 0 saturated carbocycles. The quantitative estimate of drug-likeness (QED) is 0.498. The number of nitrogens with one attached hydrogen (secondary N) is 5. The molecule has 2 heterocycles. The Morgan fingerprint density at radius 1 is 1.16 bits per heavy atom. The summed E-state index contributed by atoms with van der Waals surface area (Å²) >= 11 is 0. The summed E-state index contributed by atoms with van der Waals surface area (Å²) in [6, 6.07) is 7.05. The van der Waals surface area contributed by atoms with Crippen LogP contribution in [0.1, 0.15) is 44.7 Å². The minimum Gasteiger partial charge on any atom is -0.355 e. The van der Waals surface area contributed by atoms with Gasteiger partial charge in [-0.2, -0.15) is 0 Å². The molecule has 0 aromatic heterocycles. The van der Waals surface area contributed by atoms with Gasteiger partial charge in [-0.15, -0.1) is 0 Å². The summed E-state index contributed by atoms with van der Waals surface area (Å²) in [6.07, 6.45) is 2.56. The maximum atomic E-state index is 13.9. The third-order valence-corrected chi connectivity index (χ3v) is 5.34. The van der Waals surface area contributed by atoms with Crippen molar-refractivity contribution in [3.8, 4) is 0 Å². The number of halogens is 1. The van der Waals surface area contributed by atoms with E-state index in [0.29, 0.717) is 36.5 Å². The SMILES string of the molecule is CC1NNC(C)C1CCCNC(=O)C1CC(c2ccccc2F)NN1. The van der Waals surface area contributed by atoms with E-state index >= 15 is 0 Å². The van der Waals surface area contributed by atoms with E-state index in [0.717, 1.165) is 12.8 Å². The first-order valence-corrected chi connectivity index (χ1v) is 9.10. The summed E-state index contributed by atoms with van der Waals surface area (Å²) in [4.78, 5) is 12.3. The number of hydrogen-bond donors (Lipinski definition) is 5. The fourth-order valence-corrected chi connectivity index (χ4v) is 3.77. The second-order valence-electron chi connectivity index (χ2n) is 7.11. The molecule has 1 amide bonds. The Balaban J connectivity index is 1.40. The topological polar surface area (TPSA) is 77.2 Å². The molecule has 7 heteroatoms. The molecule has 2 aliphatic rings. The lowest BCUT2D eigenvalue weighted by molar-refractivity contribution is -0.122. The van der Waals surface area contributed by atoms with Crippen molar-refractivity contribution in [2.24, 2.45) is 5.92 Å². The number of rotatable bonds is 6. The summed E-state index contributed by atoms with van der Waals surface area (Å²) in [7, 11) is 0. The van der Waals surface area contributed by atoms with E-state index in [1.807, 2.05) is 6.07 Å². The predicted molar refractivity (Wildman–Crippen MR) is 94.7 cm³/mol. The van der Waals surface area contributed by atoms with Gasteiger partial charge in [0, 0.05) is 24.2 Å². The third-order valence-electron chi connectivity index (χ3n) is 5.34. The number of benzene rings is 1. The average Bonchev–Trinajstić information content (AvgIpc) is 3.20. The van der Waals surface area contributed by atoms with Crippen LogP contribution in [-0.2, 0) is 4.79 Å². The molecule has 4 atom stereocenters. The van der Waals surface area contributed by atoms with Crippen molar-refractivity contribution in [3.63, 3.8) is 0 Å². The molecule has 2 fully saturated rings. The Morgan fingerprint density at radius 3 is 2.60 bits per heavy atom. The van der Waals surface area contributed by atoms with Crippen LogP contribution in [0.4, 0.5) is 4.39 Å². The van der Waals surface area contributed by atoms with Gasteiger partial charge in [-0.05, 0) is 45.1 Å². The van der Waals surface area contributed by atoms with E-state index in [1.54, 1.807) is 12.1 Å². The molecule has 3 rings (SSSR count). The van der Waals surface area contributed by atoms with E-state index < -0.39 is 0 Å². The Hall–Kier alpha value is -1.54. The van der Waals surface area contributed by atoms with E-state index in [4.69, 9.17) is 0 Å². The molecule has 0 aliphatic carbocycles. The molecule has 2 saturated heterocycles. The van der Waals surface area contributed by atoms with Gasteiger partial charge in [0.1, 0.15) is 11.9 Å². The van der Waals surface area contributed by atoms with Crippen LogP contribution in [0.2, 0.25) is 0 Å². The third kappa shape index (κ3) is 4.36. The minimum absolute atomic E-state index is 0.0323. The van der Waals surface area contributed by atoms with E-state index in [1.165, 1.54) is 6.07 Å². The molecular formula is C18H28FN5O. The van der Waals surface area contributed by atoms with Crippen LogP contribution in [0.5, 0.6) is 0 Å². The Bertz CT molecular complexity index is 589. The van der Waals surface area contributed by atoms with Crippen molar-refractivity contribution in [3.05, 3.63) is 35.6 Å². The summed E-state index contributed by atoms with van der Waals surface area (Å²) in [5.74, 6) is 0.300. The number of hydrogen-bond acceptors (Lipinski definition) is 5. The first-order chi connectivity index (χ1) is 12.1. The first-order valence-electron chi connectivity index (χ1n) is 9.10. The molecule has 1 aromatic carbocycles. The predicted octanol–water partition coefficient (Wildman–Crippen LogP) is 1.13. The lowest BCUT2D eigenvalue weighted by Crippen LogP contribution is -2.43. The highest BCUT2D eigenvalue weighted by atomic mass is 19.1. The highest BCUT2D eigenvalue weighted by molar-refractivity contribution is 5.82. The van der Waals surface area contributed by atoms with Crippen molar-refractivity contribution < 1.29 is 9.18 Å². The first kappa shape index (κ1) is 18.3. The summed E-state index contributed by atoms with van der Waals surface area (Å²) < 4.78 is 13.9. The molecule has 5 N–H and O–H groups in total. The second-order valence-corrected chi connectivity index (χ2v) is 7.11. The van der Waals surface area contributed by atoms with E-state index in [2.05, 4.69) is 40.9 Å². The monoisotopic (exact) mass is 349 g/mol. The van der Waals surface area contributed by atoms with Crippen LogP contribution in [0.15, 0.2) is 24.3 Å². The van der Waals surface area contributed by atoms with Gasteiger partial charge in [0.25, 0.3) is 0 Å². The second kappa shape index (κ2) is 8.23. The summed E-state index contributed by atoms with van der Waals surface area (Å²) in [5.41, 5.74) is 13.1.